The van der Waals surface area contributed by atoms with Gasteiger partial charge in [0.05, 0.1) is 27.9 Å². The Kier molecular flexibility index (Phi) is 3.54. The summed E-state index contributed by atoms with van der Waals surface area (Å²) in [5.74, 6) is 0.611. The van der Waals surface area contributed by atoms with Crippen LogP contribution in [0.4, 0.5) is 0 Å². The third kappa shape index (κ3) is 2.17. The summed E-state index contributed by atoms with van der Waals surface area (Å²) in [7, 11) is 0. The molecule has 3 rings (SSSR count). The zero-order valence-electron chi connectivity index (χ0n) is 12.5. The third-order valence-electron chi connectivity index (χ3n) is 4.52. The lowest BCUT2D eigenvalue weighted by molar-refractivity contribution is 0.0729. The van der Waals surface area contributed by atoms with Gasteiger partial charge in [0, 0.05) is 6.61 Å². The lowest BCUT2D eigenvalue weighted by Gasteiger charge is -2.33. The van der Waals surface area contributed by atoms with Gasteiger partial charge in [0.25, 0.3) is 5.56 Å². The van der Waals surface area contributed by atoms with Crippen molar-refractivity contribution in [1.82, 2.24) is 9.55 Å². The zero-order valence-corrected chi connectivity index (χ0v) is 13.2. The Morgan fingerprint density at radius 1 is 1.48 bits per heavy atom. The number of para-hydroxylation sites is 1. The van der Waals surface area contributed by atoms with E-state index in [2.05, 4.69) is 4.98 Å². The van der Waals surface area contributed by atoms with Crippen LogP contribution in [0.3, 0.4) is 0 Å². The van der Waals surface area contributed by atoms with E-state index in [1.807, 2.05) is 45.0 Å². The first-order chi connectivity index (χ1) is 9.95. The number of aromatic nitrogens is 2. The van der Waals surface area contributed by atoms with Crippen LogP contribution in [0.2, 0.25) is 0 Å². The van der Waals surface area contributed by atoms with Crippen molar-refractivity contribution < 1.29 is 4.74 Å². The first-order valence-electron chi connectivity index (χ1n) is 7.23. The third-order valence-corrected chi connectivity index (χ3v) is 4.72. The van der Waals surface area contributed by atoms with E-state index in [0.29, 0.717) is 23.3 Å². The van der Waals surface area contributed by atoms with Crippen LogP contribution in [0, 0.1) is 0 Å². The fourth-order valence-corrected chi connectivity index (χ4v) is 3.18. The summed E-state index contributed by atoms with van der Waals surface area (Å²) in [4.78, 5) is 17.6. The van der Waals surface area contributed by atoms with Gasteiger partial charge < -0.3 is 4.74 Å². The monoisotopic (exact) mass is 306 g/mol. The van der Waals surface area contributed by atoms with Gasteiger partial charge in [-0.25, -0.2) is 4.98 Å². The van der Waals surface area contributed by atoms with Crippen LogP contribution >= 0.6 is 11.6 Å². The molecule has 0 saturated carbocycles. The van der Waals surface area contributed by atoms with Crippen molar-refractivity contribution in [2.45, 2.75) is 44.2 Å². The molecule has 0 amide bonds. The van der Waals surface area contributed by atoms with E-state index >= 15 is 0 Å². The largest absolute Gasteiger partial charge is 0.376 e. The summed E-state index contributed by atoms with van der Waals surface area (Å²) < 4.78 is 7.45. The maximum absolute atomic E-state index is 13.0. The molecule has 3 unspecified atom stereocenters. The fourth-order valence-electron chi connectivity index (χ4n) is 3.03. The van der Waals surface area contributed by atoms with Gasteiger partial charge in [-0.05, 0) is 39.3 Å². The molecule has 0 spiro atoms. The van der Waals surface area contributed by atoms with Crippen LogP contribution in [0.5, 0.6) is 0 Å². The molecule has 0 bridgehead atoms. The molecule has 0 N–H and O–H groups in total. The molecule has 1 aliphatic rings. The van der Waals surface area contributed by atoms with E-state index in [1.165, 1.54) is 0 Å². The lowest BCUT2D eigenvalue weighted by atomic mass is 9.93. The van der Waals surface area contributed by atoms with Gasteiger partial charge in [-0.3, -0.25) is 9.36 Å². The molecule has 1 aromatic carbocycles. The first-order valence-corrected chi connectivity index (χ1v) is 7.66. The van der Waals surface area contributed by atoms with E-state index in [9.17, 15) is 4.79 Å². The first kappa shape index (κ1) is 14.5. The topological polar surface area (TPSA) is 44.1 Å². The van der Waals surface area contributed by atoms with Crippen LogP contribution in [0.25, 0.3) is 10.9 Å². The number of halogens is 1. The summed E-state index contributed by atoms with van der Waals surface area (Å²) in [6, 6.07) is 7.40. The Labute approximate surface area is 128 Å². The van der Waals surface area contributed by atoms with Crippen molar-refractivity contribution in [3.8, 4) is 0 Å². The lowest BCUT2D eigenvalue weighted by Crippen LogP contribution is -2.45. The van der Waals surface area contributed by atoms with Crippen molar-refractivity contribution in [2.75, 3.05) is 6.61 Å². The molecule has 0 aliphatic carbocycles. The average molecular weight is 307 g/mol. The number of hydrogen-bond acceptors (Lipinski definition) is 3. The summed E-state index contributed by atoms with van der Waals surface area (Å²) in [6.45, 7) is 6.54. The van der Waals surface area contributed by atoms with E-state index in [4.69, 9.17) is 16.3 Å². The molecule has 1 fully saturated rings. The molecule has 1 aromatic heterocycles. The quantitative estimate of drug-likeness (QED) is 0.800. The maximum Gasteiger partial charge on any atom is 0.262 e. The Hall–Kier alpha value is -1.39. The number of hydrogen-bond donors (Lipinski definition) is 0. The number of ether oxygens (including phenoxy) is 1. The number of nitrogens with zero attached hydrogens (tertiary/aromatic N) is 2. The van der Waals surface area contributed by atoms with Gasteiger partial charge in [-0.2, -0.15) is 0 Å². The summed E-state index contributed by atoms with van der Waals surface area (Å²) in [5, 5.41) is 0.283. The second-order valence-electron chi connectivity index (χ2n) is 5.86. The highest BCUT2D eigenvalue weighted by Gasteiger charge is 2.41. The molecule has 2 heterocycles. The standard InChI is InChI=1S/C16H19ClN2O2/c1-10(17)14-18-13-7-5-4-6-12(13)15(20)19(14)16(3)8-9-21-11(16)2/h4-7,10-11H,8-9H2,1-3H3. The SMILES string of the molecule is CC(Cl)c1nc2ccccc2c(=O)n1C1(C)CCOC1C. The molecule has 112 valence electrons. The van der Waals surface area contributed by atoms with Crippen LogP contribution in [-0.4, -0.2) is 22.3 Å². The highest BCUT2D eigenvalue weighted by Crippen LogP contribution is 2.35. The predicted molar refractivity (Wildman–Crippen MR) is 84.0 cm³/mol. The molecule has 5 heteroatoms. The van der Waals surface area contributed by atoms with Gasteiger partial charge in [-0.15, -0.1) is 11.6 Å². The zero-order chi connectivity index (χ0) is 15.2. The average Bonchev–Trinajstić information content (AvgIpc) is 2.79. The van der Waals surface area contributed by atoms with Crippen molar-refractivity contribution in [3.63, 3.8) is 0 Å². The predicted octanol–water partition coefficient (Wildman–Crippen LogP) is 3.22. The van der Waals surface area contributed by atoms with E-state index in [1.54, 1.807) is 4.57 Å². The molecule has 1 saturated heterocycles. The number of fused-ring (bicyclic) bond motifs is 1. The molecular formula is C16H19ClN2O2. The fraction of sp³-hybridized carbons (Fsp3) is 0.500. The minimum Gasteiger partial charge on any atom is -0.376 e. The maximum atomic E-state index is 13.0. The number of rotatable bonds is 2. The molecule has 0 radical (unpaired) electrons. The summed E-state index contributed by atoms with van der Waals surface area (Å²) in [5.41, 5.74) is 0.242. The number of benzene rings is 1. The molecule has 2 aromatic rings. The Balaban J connectivity index is 2.37. The Morgan fingerprint density at radius 2 is 2.19 bits per heavy atom. The van der Waals surface area contributed by atoms with Crippen LogP contribution in [-0.2, 0) is 10.3 Å². The van der Waals surface area contributed by atoms with Crippen molar-refractivity contribution >= 4 is 22.5 Å². The van der Waals surface area contributed by atoms with Crippen molar-refractivity contribution in [3.05, 3.63) is 40.4 Å². The Bertz CT molecular complexity index is 741. The molecule has 1 aliphatic heterocycles. The van der Waals surface area contributed by atoms with Crippen LogP contribution in [0.15, 0.2) is 29.1 Å². The van der Waals surface area contributed by atoms with Crippen molar-refractivity contribution in [2.24, 2.45) is 0 Å². The number of alkyl halides is 1. The van der Waals surface area contributed by atoms with Gasteiger partial charge in [-0.1, -0.05) is 12.1 Å². The summed E-state index contributed by atoms with van der Waals surface area (Å²) in [6.07, 6.45) is 0.734. The van der Waals surface area contributed by atoms with Gasteiger partial charge in [0.2, 0.25) is 0 Å². The van der Waals surface area contributed by atoms with Gasteiger partial charge >= 0.3 is 0 Å². The minimum absolute atomic E-state index is 0.0389. The van der Waals surface area contributed by atoms with Gasteiger partial charge in [0.1, 0.15) is 5.82 Å². The molecule has 4 nitrogen and oxygen atoms in total. The van der Waals surface area contributed by atoms with Crippen LogP contribution in [0.1, 0.15) is 38.4 Å². The smallest absolute Gasteiger partial charge is 0.262 e. The van der Waals surface area contributed by atoms with E-state index < -0.39 is 5.54 Å². The van der Waals surface area contributed by atoms with E-state index in [0.717, 1.165) is 6.42 Å². The highest BCUT2D eigenvalue weighted by molar-refractivity contribution is 6.20. The van der Waals surface area contributed by atoms with Crippen LogP contribution < -0.4 is 5.56 Å². The molecule has 21 heavy (non-hydrogen) atoms. The van der Waals surface area contributed by atoms with Crippen molar-refractivity contribution in [1.29, 1.82) is 0 Å². The molecule has 3 atom stereocenters. The minimum atomic E-state index is -0.410. The van der Waals surface area contributed by atoms with E-state index in [-0.39, 0.29) is 17.0 Å². The second kappa shape index (κ2) is 5.11. The summed E-state index contributed by atoms with van der Waals surface area (Å²) >= 11 is 6.31. The highest BCUT2D eigenvalue weighted by atomic mass is 35.5. The Morgan fingerprint density at radius 3 is 2.81 bits per heavy atom. The second-order valence-corrected chi connectivity index (χ2v) is 6.52. The molecular weight excluding hydrogens is 288 g/mol. The van der Waals surface area contributed by atoms with Gasteiger partial charge in [0.15, 0.2) is 0 Å². The normalized spacial score (nSPS) is 27.1.